The van der Waals surface area contributed by atoms with Crippen molar-refractivity contribution >= 4 is 54.1 Å². The van der Waals surface area contributed by atoms with Gasteiger partial charge in [-0.3, -0.25) is 4.98 Å². The number of nitrogens with zero attached hydrogens (tertiary/aromatic N) is 2. The molecule has 0 aliphatic rings. The molecular weight excluding hydrogens is 741 g/mol. The van der Waals surface area contributed by atoms with Crippen molar-refractivity contribution < 1.29 is 45.5 Å². The molecule has 0 radical (unpaired) electrons. The van der Waals surface area contributed by atoms with E-state index in [9.17, 15) is 16.4 Å². The lowest BCUT2D eigenvalue weighted by atomic mass is 9.88. The Morgan fingerprint density at radius 3 is 1.75 bits per heavy atom. The Morgan fingerprint density at radius 2 is 0.967 bits per heavy atom. The van der Waals surface area contributed by atoms with Gasteiger partial charge in [0.25, 0.3) is 0 Å². The van der Waals surface area contributed by atoms with Gasteiger partial charge in [-0.1, -0.05) is 187 Å². The second-order valence-electron chi connectivity index (χ2n) is 13.3. The number of rotatable bonds is 6. The van der Waals surface area contributed by atoms with E-state index in [1.165, 1.54) is 30.3 Å². The fraction of sp³-hybridized carbons (Fsp3) is 0. The lowest BCUT2D eigenvalue weighted by Gasteiger charge is -2.13. The molecule has 3 nitrogen and oxygen atoms in total. The first-order chi connectivity index (χ1) is 42.7. The van der Waals surface area contributed by atoms with Gasteiger partial charge in [-0.25, -0.2) is 4.98 Å². The Labute approximate surface area is 395 Å². The van der Waals surface area contributed by atoms with Crippen LogP contribution in [0.1, 0.15) is 41.1 Å². The van der Waals surface area contributed by atoms with Crippen LogP contribution in [0.5, 0.6) is 0 Å². The third-order valence-corrected chi connectivity index (χ3v) is 10.0. The number of aromatic nitrogens is 2. The first-order valence-corrected chi connectivity index (χ1v) is 18.3. The molecule has 3 heteroatoms. The van der Waals surface area contributed by atoms with Crippen LogP contribution < -0.4 is 0 Å². The summed E-state index contributed by atoms with van der Waals surface area (Å²) in [6, 6.07) is -17.6. The zero-order valence-corrected chi connectivity index (χ0v) is 30.8. The van der Waals surface area contributed by atoms with Crippen molar-refractivity contribution in [2.24, 2.45) is 0 Å². The highest BCUT2D eigenvalue weighted by Gasteiger charge is 2.27. The van der Waals surface area contributed by atoms with Crippen molar-refractivity contribution in [1.29, 1.82) is 0 Å². The van der Waals surface area contributed by atoms with Gasteiger partial charge in [0.15, 0.2) is 0 Å². The minimum Gasteiger partial charge on any atom is -0.455 e. The smallest absolute Gasteiger partial charge is 0.143 e. The van der Waals surface area contributed by atoms with Crippen LogP contribution >= 0.6 is 0 Å². The molecule has 0 fully saturated rings. The molecule has 0 atom stereocenters. The number of pyridine rings is 2. The summed E-state index contributed by atoms with van der Waals surface area (Å²) >= 11 is 0. The summed E-state index contributed by atoms with van der Waals surface area (Å²) in [5, 5.41) is -3.04. The van der Waals surface area contributed by atoms with Crippen LogP contribution in [-0.4, -0.2) is 9.97 Å². The molecule has 3 aromatic heterocycles. The lowest BCUT2D eigenvalue weighted by molar-refractivity contribution is 0.599. The molecule has 0 aliphatic heterocycles. The van der Waals surface area contributed by atoms with E-state index in [2.05, 4.69) is 9.97 Å². The van der Waals surface area contributed by atoms with Crippen molar-refractivity contribution in [1.82, 2.24) is 9.97 Å². The molecule has 0 unspecified atom stereocenters. The van der Waals surface area contributed by atoms with Crippen molar-refractivity contribution in [3.05, 3.63) is 218 Å². The largest absolute Gasteiger partial charge is 0.455 e. The maximum absolute atomic E-state index is 10.2. The molecule has 0 amide bonds. The number of furan rings is 1. The second-order valence-corrected chi connectivity index (χ2v) is 13.3. The van der Waals surface area contributed by atoms with E-state index in [0.717, 1.165) is 0 Å². The monoisotopic (exact) mass is 806 g/mol. The highest BCUT2D eigenvalue weighted by molar-refractivity contribution is 6.16. The van der Waals surface area contributed by atoms with Gasteiger partial charge in [0.1, 0.15) is 11.5 Å². The van der Waals surface area contributed by atoms with Crippen LogP contribution in [0, 0.1) is 0 Å². The Kier molecular flexibility index (Phi) is 3.78. The normalized spacial score (nSPS) is 18.5. The molecule has 0 aliphatic carbocycles. The third kappa shape index (κ3) is 5.82. The van der Waals surface area contributed by atoms with Gasteiger partial charge in [-0.05, 0) is 78.7 Å². The number of hydrogen-bond donors (Lipinski definition) is 0. The Morgan fingerprint density at radius 1 is 0.377 bits per heavy atom. The van der Waals surface area contributed by atoms with E-state index in [1.54, 1.807) is 6.07 Å². The van der Waals surface area contributed by atoms with Gasteiger partial charge >= 0.3 is 0 Å². The van der Waals surface area contributed by atoms with E-state index < -0.39 is 253 Å². The van der Waals surface area contributed by atoms with Crippen LogP contribution in [0.3, 0.4) is 0 Å². The fourth-order valence-electron chi connectivity index (χ4n) is 7.41. The van der Waals surface area contributed by atoms with Crippen molar-refractivity contribution in [3.63, 3.8) is 0 Å². The molecule has 12 aromatic rings. The van der Waals surface area contributed by atoms with Crippen LogP contribution in [0.2, 0.25) is 0 Å². The van der Waals surface area contributed by atoms with Crippen molar-refractivity contribution in [2.75, 3.05) is 0 Å². The lowest BCUT2D eigenvalue weighted by Crippen LogP contribution is -1.91. The van der Waals surface area contributed by atoms with Gasteiger partial charge in [0, 0.05) is 44.8 Å². The Bertz CT molecular complexity index is 5370. The topological polar surface area (TPSA) is 38.9 Å². The molecule has 3 heterocycles. The highest BCUT2D eigenvalue weighted by atomic mass is 16.3. The fourth-order valence-corrected chi connectivity index (χ4v) is 7.41. The first-order valence-electron chi connectivity index (χ1n) is 33.3. The average molecular weight is 807 g/mol. The summed E-state index contributed by atoms with van der Waals surface area (Å²) in [6.07, 6.45) is -0.672. The summed E-state index contributed by atoms with van der Waals surface area (Å²) in [4.78, 5) is 8.82. The minimum atomic E-state index is -1.09. The van der Waals surface area contributed by atoms with Crippen LogP contribution in [0.25, 0.3) is 121 Å². The maximum Gasteiger partial charge on any atom is 0.143 e. The van der Waals surface area contributed by atoms with Gasteiger partial charge < -0.3 is 4.42 Å². The molecule has 0 bridgehead atoms. The molecule has 0 saturated heterocycles. The van der Waals surface area contributed by atoms with E-state index >= 15 is 0 Å². The first kappa shape index (κ1) is 16.1. The summed E-state index contributed by atoms with van der Waals surface area (Å²) in [6.45, 7) is 0. The molecule has 0 spiro atoms. The van der Waals surface area contributed by atoms with Crippen LogP contribution in [-0.2, 0) is 0 Å². The maximum atomic E-state index is 10.2. The quantitative estimate of drug-likeness (QED) is 0.157. The molecule has 0 saturated carbocycles. The molecule has 0 N–H and O–H groups in total. The van der Waals surface area contributed by atoms with Gasteiger partial charge in [-0.15, -0.1) is 0 Å². The van der Waals surface area contributed by atoms with Crippen LogP contribution in [0.15, 0.2) is 222 Å². The second kappa shape index (κ2) is 14.3. The number of fused-ring (bicyclic) bond motifs is 7. The van der Waals surface area contributed by atoms with E-state index in [0.29, 0.717) is 0 Å². The van der Waals surface area contributed by atoms with Crippen molar-refractivity contribution in [2.45, 2.75) is 0 Å². The number of hydrogen-bond acceptors (Lipinski definition) is 3. The van der Waals surface area contributed by atoms with E-state index in [-0.39, 0.29) is 49.4 Å². The Balaban J connectivity index is 1.28. The molecule has 12 rings (SSSR count). The standard InChI is InChI=1S/C58H36N2O/c1-3-15-37(16-4-1)53-54(38-17-5-2-6-18-38)58(51-36-42-19-7-8-23-44(42)46-24-10-12-27-49(46)51)61-57(53)43-21-13-20-41(35-43)45-31-32-50(48-26-11-9-25-47(45)48)52-33-30-40-29-28-39-22-14-34-59-55(39)56(40)60-52/h1-36H/i1D,2D,3D,4D,5D,6D,7D,8D,10D,12D,13D,14D,15D,16D,17D,18D,19D,20D,21D,22D,23D,24D,27D,28D,29D,30D,33D,34D,35D,36D. The van der Waals surface area contributed by atoms with Crippen molar-refractivity contribution in [3.8, 4) is 67.3 Å². The number of benzene rings is 9. The average Bonchev–Trinajstić information content (AvgIpc) is 1.70. The summed E-state index contributed by atoms with van der Waals surface area (Å²) < 4.78 is 279. The zero-order chi connectivity index (χ0) is 66.4. The van der Waals surface area contributed by atoms with Gasteiger partial charge in [0.05, 0.1) is 57.9 Å². The predicted molar refractivity (Wildman–Crippen MR) is 254 cm³/mol. The third-order valence-electron chi connectivity index (χ3n) is 10.0. The SMILES string of the molecule is [2H]c1nc2c(c([2H])c1[2H])c([2H])c([2H])c1c([2H])c([2H])c(-c3ccc(-c4c([2H])c([2H])c([2H])c(-c5oc(-c6c([2H])c7c([2H])c([2H])c([2H])c([2H])c7c7c([2H])c([2H])c([2H])c([2H])c67)c(-c6c([2H])c([2H])c([2H])c([2H])c6[2H])c5-c5c([2H])c([2H])c([2H])c([2H])c5[2H])c4[2H])c4ccccc34)nc12. The molecule has 61 heavy (non-hydrogen) atoms. The minimum absolute atomic E-state index is 0.0799. The molecule has 9 aromatic carbocycles. The highest BCUT2D eigenvalue weighted by Crippen LogP contribution is 2.51. The van der Waals surface area contributed by atoms with Gasteiger partial charge in [0.2, 0.25) is 0 Å². The van der Waals surface area contributed by atoms with Crippen LogP contribution in [0.4, 0.5) is 0 Å². The zero-order valence-electron chi connectivity index (χ0n) is 60.8. The summed E-state index contributed by atoms with van der Waals surface area (Å²) in [7, 11) is 0. The van der Waals surface area contributed by atoms with E-state index in [1.807, 2.05) is 0 Å². The predicted octanol–water partition coefficient (Wildman–Crippen LogP) is 15.8. The Hall–Kier alpha value is -8.14. The van der Waals surface area contributed by atoms with E-state index in [4.69, 9.17) is 29.1 Å². The summed E-state index contributed by atoms with van der Waals surface area (Å²) in [5.74, 6) is -1.98. The van der Waals surface area contributed by atoms with Gasteiger partial charge in [-0.2, -0.15) is 0 Å². The summed E-state index contributed by atoms with van der Waals surface area (Å²) in [5.41, 5.74) is -6.63. The molecular formula is C58H36N2O. The molecule has 284 valence electrons.